The molecule has 18 heavy (non-hydrogen) atoms. The van der Waals surface area contributed by atoms with Crippen molar-refractivity contribution < 1.29 is 40.5 Å². The number of hydrogen-bond acceptors (Lipinski definition) is 7. The first-order valence-electron chi connectivity index (χ1n) is 5.50. The zero-order valence-corrected chi connectivity index (χ0v) is 10.2. The lowest BCUT2D eigenvalue weighted by Crippen LogP contribution is -2.48. The second-order valence-corrected chi connectivity index (χ2v) is 3.59. The van der Waals surface area contributed by atoms with Gasteiger partial charge in [-0.05, 0) is 6.42 Å². The van der Waals surface area contributed by atoms with Crippen LogP contribution in [0, 0.1) is 0 Å². The summed E-state index contributed by atoms with van der Waals surface area (Å²) in [6, 6.07) is 0. The van der Waals surface area contributed by atoms with E-state index in [1.165, 1.54) is 0 Å². The van der Waals surface area contributed by atoms with Crippen molar-refractivity contribution in [2.24, 2.45) is 0 Å². The maximum absolute atomic E-state index is 10.1. The summed E-state index contributed by atoms with van der Waals surface area (Å²) in [7, 11) is 0. The van der Waals surface area contributed by atoms with Crippen LogP contribution in [0.3, 0.4) is 0 Å². The Kier molecular flexibility index (Phi) is 12.3. The highest BCUT2D eigenvalue weighted by molar-refractivity contribution is 5.72. The number of aliphatic hydroxyl groups excluding tert-OH is 6. The van der Waals surface area contributed by atoms with Gasteiger partial charge in [-0.3, -0.25) is 0 Å². The van der Waals surface area contributed by atoms with Gasteiger partial charge < -0.3 is 35.7 Å². The summed E-state index contributed by atoms with van der Waals surface area (Å²) in [6.07, 6.45) is -5.80. The molecule has 0 radical (unpaired) electrons. The summed E-state index contributed by atoms with van der Waals surface area (Å²) in [5.41, 5.74) is 0. The van der Waals surface area contributed by atoms with Gasteiger partial charge in [0.25, 0.3) is 0 Å². The van der Waals surface area contributed by atoms with E-state index < -0.39 is 37.0 Å². The van der Waals surface area contributed by atoms with Gasteiger partial charge in [-0.1, -0.05) is 13.3 Å². The number of carbonyl (C=O) groups is 1. The van der Waals surface area contributed by atoms with E-state index in [0.717, 1.165) is 12.8 Å². The van der Waals surface area contributed by atoms with E-state index in [4.69, 9.17) is 35.7 Å². The number of carboxylic acids is 1. The molecule has 0 aliphatic rings. The molecule has 8 heteroatoms. The molecular weight excluding hydrogens is 248 g/mol. The summed E-state index contributed by atoms with van der Waals surface area (Å²) in [4.78, 5) is 10.1. The third-order valence-corrected chi connectivity index (χ3v) is 2.02. The van der Waals surface area contributed by atoms with Gasteiger partial charge in [-0.15, -0.1) is 0 Å². The van der Waals surface area contributed by atoms with Gasteiger partial charge >= 0.3 is 5.97 Å². The molecule has 4 atom stereocenters. The molecule has 0 amide bonds. The average molecular weight is 270 g/mol. The third-order valence-electron chi connectivity index (χ3n) is 2.02. The topological polar surface area (TPSA) is 159 Å². The molecular formula is C10H22O8. The molecule has 0 aromatic rings. The molecule has 0 rings (SSSR count). The van der Waals surface area contributed by atoms with E-state index >= 15 is 0 Å². The number of rotatable bonds is 7. The maximum Gasteiger partial charge on any atom is 0.335 e. The van der Waals surface area contributed by atoms with Crippen molar-refractivity contribution >= 4 is 5.97 Å². The van der Waals surface area contributed by atoms with E-state index in [2.05, 4.69) is 6.92 Å². The summed E-state index contributed by atoms with van der Waals surface area (Å²) >= 11 is 0. The van der Waals surface area contributed by atoms with Crippen molar-refractivity contribution in [2.75, 3.05) is 13.2 Å². The van der Waals surface area contributed by atoms with Crippen molar-refractivity contribution in [1.82, 2.24) is 0 Å². The molecule has 0 aromatic carbocycles. The van der Waals surface area contributed by atoms with E-state index in [0.29, 0.717) is 6.61 Å². The second-order valence-electron chi connectivity index (χ2n) is 3.59. The second kappa shape index (κ2) is 11.3. The molecule has 0 aliphatic carbocycles. The quantitative estimate of drug-likeness (QED) is 0.263. The minimum Gasteiger partial charge on any atom is -0.479 e. The number of aliphatic carboxylic acids is 1. The fourth-order valence-corrected chi connectivity index (χ4v) is 0.827. The number of unbranched alkanes of at least 4 members (excludes halogenated alkanes) is 1. The minimum atomic E-state index is -2.20. The van der Waals surface area contributed by atoms with Crippen molar-refractivity contribution in [3.8, 4) is 0 Å². The predicted octanol–water partition coefficient (Wildman–Crippen LogP) is -2.71. The zero-order chi connectivity index (χ0) is 14.7. The molecule has 0 heterocycles. The molecule has 0 saturated carbocycles. The maximum atomic E-state index is 10.1. The molecule has 0 fully saturated rings. The van der Waals surface area contributed by atoms with Gasteiger partial charge in [0.1, 0.15) is 18.3 Å². The Bertz CT molecular complexity index is 208. The SMILES string of the molecule is CCCCO.O=C(O)[C@H](O)[C@@H](O)[C@H](O)[C@H](O)CO. The van der Waals surface area contributed by atoms with Gasteiger partial charge in [0.15, 0.2) is 6.10 Å². The van der Waals surface area contributed by atoms with Crippen LogP contribution in [-0.4, -0.2) is 79.3 Å². The third kappa shape index (κ3) is 8.34. The van der Waals surface area contributed by atoms with Crippen LogP contribution >= 0.6 is 0 Å². The predicted molar refractivity (Wildman–Crippen MR) is 60.7 cm³/mol. The largest absolute Gasteiger partial charge is 0.479 e. The van der Waals surface area contributed by atoms with Crippen LogP contribution in [0.1, 0.15) is 19.8 Å². The van der Waals surface area contributed by atoms with Crippen molar-refractivity contribution in [2.45, 2.75) is 44.2 Å². The Labute approximate surface area is 105 Å². The van der Waals surface area contributed by atoms with E-state index in [9.17, 15) is 4.79 Å². The summed E-state index contributed by atoms with van der Waals surface area (Å²) < 4.78 is 0. The van der Waals surface area contributed by atoms with Crippen LogP contribution in [0.15, 0.2) is 0 Å². The van der Waals surface area contributed by atoms with Crippen LogP contribution in [0.5, 0.6) is 0 Å². The zero-order valence-electron chi connectivity index (χ0n) is 10.2. The Hall–Kier alpha value is -0.770. The lowest BCUT2D eigenvalue weighted by molar-refractivity contribution is -0.164. The monoisotopic (exact) mass is 270 g/mol. The van der Waals surface area contributed by atoms with Crippen LogP contribution in [0.2, 0.25) is 0 Å². The Morgan fingerprint density at radius 3 is 1.78 bits per heavy atom. The van der Waals surface area contributed by atoms with Crippen molar-refractivity contribution in [3.05, 3.63) is 0 Å². The molecule has 8 nitrogen and oxygen atoms in total. The molecule has 0 unspecified atom stereocenters. The van der Waals surface area contributed by atoms with Crippen LogP contribution < -0.4 is 0 Å². The average Bonchev–Trinajstić information content (AvgIpc) is 2.36. The van der Waals surface area contributed by atoms with Crippen LogP contribution in [0.25, 0.3) is 0 Å². The molecule has 0 bridgehead atoms. The van der Waals surface area contributed by atoms with Crippen LogP contribution in [0.4, 0.5) is 0 Å². The Morgan fingerprint density at radius 2 is 1.56 bits per heavy atom. The fourth-order valence-electron chi connectivity index (χ4n) is 0.827. The lowest BCUT2D eigenvalue weighted by Gasteiger charge is -2.23. The van der Waals surface area contributed by atoms with Gasteiger partial charge in [-0.25, -0.2) is 4.79 Å². The Balaban J connectivity index is 0. The molecule has 0 saturated heterocycles. The molecule has 110 valence electrons. The first-order chi connectivity index (χ1) is 8.33. The van der Waals surface area contributed by atoms with Gasteiger partial charge in [0.2, 0.25) is 0 Å². The van der Waals surface area contributed by atoms with Crippen molar-refractivity contribution in [3.63, 3.8) is 0 Å². The van der Waals surface area contributed by atoms with Crippen LogP contribution in [-0.2, 0) is 4.79 Å². The lowest BCUT2D eigenvalue weighted by atomic mass is 10.0. The van der Waals surface area contributed by atoms with E-state index in [1.54, 1.807) is 0 Å². The molecule has 0 aromatic heterocycles. The summed E-state index contributed by atoms with van der Waals surface area (Å²) in [6.45, 7) is 1.55. The Morgan fingerprint density at radius 1 is 1.06 bits per heavy atom. The highest BCUT2D eigenvalue weighted by atomic mass is 16.4. The highest BCUT2D eigenvalue weighted by Crippen LogP contribution is 2.04. The smallest absolute Gasteiger partial charge is 0.335 e. The van der Waals surface area contributed by atoms with E-state index in [-0.39, 0.29) is 0 Å². The number of carboxylic acid groups (broad SMARTS) is 1. The van der Waals surface area contributed by atoms with Gasteiger partial charge in [-0.2, -0.15) is 0 Å². The number of hydrogen-bond donors (Lipinski definition) is 7. The van der Waals surface area contributed by atoms with E-state index in [1.807, 2.05) is 0 Å². The fraction of sp³-hybridized carbons (Fsp3) is 0.900. The molecule has 0 spiro atoms. The summed E-state index contributed by atoms with van der Waals surface area (Å²) in [5.74, 6) is -1.73. The summed E-state index contributed by atoms with van der Waals surface area (Å²) in [5, 5.41) is 59.9. The normalized spacial score (nSPS) is 17.1. The van der Waals surface area contributed by atoms with Gasteiger partial charge in [0.05, 0.1) is 6.61 Å². The van der Waals surface area contributed by atoms with Crippen molar-refractivity contribution in [1.29, 1.82) is 0 Å². The minimum absolute atomic E-state index is 0.344. The highest BCUT2D eigenvalue weighted by Gasteiger charge is 2.33. The molecule has 7 N–H and O–H groups in total. The van der Waals surface area contributed by atoms with Gasteiger partial charge in [0, 0.05) is 6.61 Å². The standard InChI is InChI=1S/C6H12O7.C4H10O/c7-1-2(8)3(9)4(10)5(11)6(12)13;1-2-3-4-5/h2-5,7-11H,1H2,(H,12,13);5H,2-4H2,1H3/t2-,3-,4+,5-;/m1./s1. The molecule has 0 aliphatic heterocycles. The first kappa shape index (κ1) is 19.6. The first-order valence-corrected chi connectivity index (χ1v) is 5.50. The number of aliphatic hydroxyl groups is 6.